The predicted molar refractivity (Wildman–Crippen MR) is 124 cm³/mol. The molecule has 9 heteroatoms. The number of hydrogen-bond acceptors (Lipinski definition) is 5. The number of aliphatic hydroxyl groups is 1. The van der Waals surface area contributed by atoms with E-state index in [0.29, 0.717) is 35.8 Å². The SMILES string of the molecule is CC(C)COc1c(C(=O)NC2C3CC4CC2CC(O)(C4)C3)cnn1C=CC(C)(C)NC(N)=O. The van der Waals surface area contributed by atoms with Gasteiger partial charge in [-0.1, -0.05) is 13.8 Å². The Hall–Kier alpha value is -2.55. The predicted octanol–water partition coefficient (Wildman–Crippen LogP) is 2.50. The van der Waals surface area contributed by atoms with Crippen molar-refractivity contribution in [3.05, 3.63) is 17.8 Å². The standard InChI is InChI=1S/C24H37N5O4/c1-14(2)13-33-21-18(12-26-29(21)6-5-23(3,4)28-22(25)31)20(30)27-19-16-7-15-8-17(19)11-24(32,9-15)10-16/h5-6,12,14-17,19,32H,7-11,13H2,1-4H3,(H,27,30)(H3,25,28,31). The number of amides is 3. The summed E-state index contributed by atoms with van der Waals surface area (Å²) >= 11 is 0. The lowest BCUT2D eigenvalue weighted by molar-refractivity contribution is -0.136. The van der Waals surface area contributed by atoms with E-state index in [2.05, 4.69) is 15.7 Å². The number of nitrogens with one attached hydrogen (secondary N) is 2. The fourth-order valence-electron chi connectivity index (χ4n) is 6.06. The van der Waals surface area contributed by atoms with Crippen LogP contribution in [0.15, 0.2) is 12.3 Å². The Bertz CT molecular complexity index is 921. The fourth-order valence-corrected chi connectivity index (χ4v) is 6.06. The maximum atomic E-state index is 13.3. The number of rotatable bonds is 8. The maximum Gasteiger partial charge on any atom is 0.312 e. The first-order valence-corrected chi connectivity index (χ1v) is 12.0. The first-order valence-electron chi connectivity index (χ1n) is 12.0. The number of urea groups is 1. The van der Waals surface area contributed by atoms with Gasteiger partial charge >= 0.3 is 6.03 Å². The number of carbonyl (C=O) groups is 2. The summed E-state index contributed by atoms with van der Waals surface area (Å²) < 4.78 is 7.51. The van der Waals surface area contributed by atoms with Gasteiger partial charge in [0.15, 0.2) is 0 Å². The van der Waals surface area contributed by atoms with Crippen molar-refractivity contribution in [2.75, 3.05) is 6.61 Å². The Kier molecular flexibility index (Phi) is 6.20. The highest BCUT2D eigenvalue weighted by Crippen LogP contribution is 2.55. The molecule has 33 heavy (non-hydrogen) atoms. The summed E-state index contributed by atoms with van der Waals surface area (Å²) in [6.45, 7) is 8.12. The van der Waals surface area contributed by atoms with Gasteiger partial charge in [-0.05, 0) is 75.7 Å². The molecule has 182 valence electrons. The largest absolute Gasteiger partial charge is 0.477 e. The summed E-state index contributed by atoms with van der Waals surface area (Å²) in [4.78, 5) is 24.6. The van der Waals surface area contributed by atoms with E-state index in [9.17, 15) is 14.7 Å². The Labute approximate surface area is 195 Å². The lowest BCUT2D eigenvalue weighted by atomic mass is 9.52. The van der Waals surface area contributed by atoms with E-state index in [4.69, 9.17) is 10.5 Å². The molecule has 9 nitrogen and oxygen atoms in total. The Morgan fingerprint density at radius 2 is 2.00 bits per heavy atom. The Morgan fingerprint density at radius 3 is 2.58 bits per heavy atom. The van der Waals surface area contributed by atoms with Crippen molar-refractivity contribution in [3.63, 3.8) is 0 Å². The van der Waals surface area contributed by atoms with Gasteiger partial charge in [0.1, 0.15) is 5.56 Å². The van der Waals surface area contributed by atoms with Crippen molar-refractivity contribution in [1.82, 2.24) is 20.4 Å². The number of carbonyl (C=O) groups excluding carboxylic acids is 2. The lowest BCUT2D eigenvalue weighted by Crippen LogP contribution is -2.61. The van der Waals surface area contributed by atoms with Gasteiger partial charge in [-0.25, -0.2) is 9.48 Å². The monoisotopic (exact) mass is 459 g/mol. The molecule has 4 aliphatic carbocycles. The second-order valence-corrected chi connectivity index (χ2v) is 11.2. The van der Waals surface area contributed by atoms with E-state index in [-0.39, 0.29) is 17.9 Å². The van der Waals surface area contributed by atoms with Gasteiger partial charge < -0.3 is 26.2 Å². The highest BCUT2D eigenvalue weighted by molar-refractivity contribution is 5.96. The van der Waals surface area contributed by atoms with Crippen LogP contribution in [0.25, 0.3) is 6.20 Å². The van der Waals surface area contributed by atoms with Crippen molar-refractivity contribution in [1.29, 1.82) is 0 Å². The van der Waals surface area contributed by atoms with Crippen LogP contribution in [0, 0.1) is 23.7 Å². The summed E-state index contributed by atoms with van der Waals surface area (Å²) in [5.41, 5.74) is 4.40. The van der Waals surface area contributed by atoms with Crippen LogP contribution in [0.2, 0.25) is 0 Å². The molecule has 1 aromatic rings. The molecule has 1 heterocycles. The number of nitrogens with zero attached hydrogens (tertiary/aromatic N) is 2. The molecule has 0 aliphatic heterocycles. The van der Waals surface area contributed by atoms with Gasteiger partial charge in [0.25, 0.3) is 5.91 Å². The molecule has 0 spiro atoms. The zero-order valence-corrected chi connectivity index (χ0v) is 20.0. The van der Waals surface area contributed by atoms with Gasteiger partial charge in [-0.3, -0.25) is 4.79 Å². The molecule has 5 rings (SSSR count). The molecule has 3 amide bonds. The zero-order chi connectivity index (χ0) is 24.0. The lowest BCUT2D eigenvalue weighted by Gasteiger charge is -2.58. The van der Waals surface area contributed by atoms with E-state index in [1.54, 1.807) is 26.1 Å². The summed E-state index contributed by atoms with van der Waals surface area (Å²) in [6.07, 6.45) is 9.53. The first kappa shape index (κ1) is 23.6. The third kappa shape index (κ3) is 5.18. The van der Waals surface area contributed by atoms with Crippen LogP contribution in [0.3, 0.4) is 0 Å². The number of primary amides is 1. The summed E-state index contributed by atoms with van der Waals surface area (Å²) in [7, 11) is 0. The third-order valence-corrected chi connectivity index (χ3v) is 7.16. The van der Waals surface area contributed by atoms with Crippen LogP contribution in [0.1, 0.15) is 70.2 Å². The van der Waals surface area contributed by atoms with E-state index in [0.717, 1.165) is 32.1 Å². The van der Waals surface area contributed by atoms with Crippen LogP contribution in [0.4, 0.5) is 4.79 Å². The van der Waals surface area contributed by atoms with Gasteiger partial charge in [0, 0.05) is 12.2 Å². The van der Waals surface area contributed by atoms with Crippen molar-refractivity contribution in [2.45, 2.75) is 77.0 Å². The third-order valence-electron chi connectivity index (χ3n) is 7.16. The smallest absolute Gasteiger partial charge is 0.312 e. The molecular formula is C24H37N5O4. The number of aromatic nitrogens is 2. The van der Waals surface area contributed by atoms with Gasteiger partial charge in [-0.2, -0.15) is 5.10 Å². The molecule has 0 aromatic carbocycles. The Balaban J connectivity index is 1.53. The molecule has 4 fully saturated rings. The number of nitrogens with two attached hydrogens (primary N) is 1. The summed E-state index contributed by atoms with van der Waals surface area (Å²) in [5.74, 6) is 1.66. The maximum absolute atomic E-state index is 13.3. The number of ether oxygens (including phenoxy) is 1. The van der Waals surface area contributed by atoms with Gasteiger partial charge in [0.05, 0.1) is 23.9 Å². The minimum Gasteiger partial charge on any atom is -0.477 e. The van der Waals surface area contributed by atoms with Crippen LogP contribution < -0.4 is 21.1 Å². The molecule has 1 aromatic heterocycles. The molecule has 2 unspecified atom stereocenters. The molecule has 4 saturated carbocycles. The molecule has 2 atom stereocenters. The van der Waals surface area contributed by atoms with E-state index in [1.807, 2.05) is 13.8 Å². The molecule has 0 radical (unpaired) electrons. The highest BCUT2D eigenvalue weighted by atomic mass is 16.5. The normalized spacial score (nSPS) is 30.7. The topological polar surface area (TPSA) is 132 Å². The van der Waals surface area contributed by atoms with E-state index < -0.39 is 17.2 Å². The minimum absolute atomic E-state index is 0.0739. The fraction of sp³-hybridized carbons (Fsp3) is 0.708. The van der Waals surface area contributed by atoms with Crippen molar-refractivity contribution in [3.8, 4) is 5.88 Å². The quantitative estimate of drug-likeness (QED) is 0.474. The first-order chi connectivity index (χ1) is 15.4. The van der Waals surface area contributed by atoms with Crippen LogP contribution in [0.5, 0.6) is 5.88 Å². The van der Waals surface area contributed by atoms with Crippen molar-refractivity contribution < 1.29 is 19.4 Å². The Morgan fingerprint density at radius 1 is 1.33 bits per heavy atom. The average molecular weight is 460 g/mol. The summed E-state index contributed by atoms with van der Waals surface area (Å²) in [5, 5.41) is 21.1. The molecule has 4 bridgehead atoms. The second kappa shape index (κ2) is 8.66. The molecule has 0 saturated heterocycles. The van der Waals surface area contributed by atoms with Crippen LogP contribution >= 0.6 is 0 Å². The van der Waals surface area contributed by atoms with Crippen LogP contribution in [-0.4, -0.2) is 50.6 Å². The number of hydrogen-bond donors (Lipinski definition) is 4. The van der Waals surface area contributed by atoms with E-state index in [1.165, 1.54) is 10.9 Å². The average Bonchev–Trinajstić information content (AvgIpc) is 3.08. The zero-order valence-electron chi connectivity index (χ0n) is 20.0. The minimum atomic E-state index is -0.698. The van der Waals surface area contributed by atoms with Crippen molar-refractivity contribution in [2.24, 2.45) is 29.4 Å². The summed E-state index contributed by atoms with van der Waals surface area (Å²) in [6, 6.07) is -0.549. The molecular weight excluding hydrogens is 422 g/mol. The van der Waals surface area contributed by atoms with Crippen molar-refractivity contribution >= 4 is 18.1 Å². The second-order valence-electron chi connectivity index (χ2n) is 11.2. The van der Waals surface area contributed by atoms with Crippen LogP contribution in [-0.2, 0) is 0 Å². The molecule has 5 N–H and O–H groups in total. The molecule has 4 aliphatic rings. The van der Waals surface area contributed by atoms with E-state index >= 15 is 0 Å². The van der Waals surface area contributed by atoms with Gasteiger partial charge in [0.2, 0.25) is 5.88 Å². The van der Waals surface area contributed by atoms with Gasteiger partial charge in [-0.15, -0.1) is 0 Å². The highest BCUT2D eigenvalue weighted by Gasteiger charge is 2.55.